The third-order valence-electron chi connectivity index (χ3n) is 4.90. The monoisotopic (exact) mass is 599 g/mol. The van der Waals surface area contributed by atoms with E-state index < -0.39 is 10.8 Å². The van der Waals surface area contributed by atoms with Crippen molar-refractivity contribution in [1.82, 2.24) is 0 Å². The Morgan fingerprint density at radius 2 is 1.89 bits per heavy atom. The van der Waals surface area contributed by atoms with Gasteiger partial charge in [0.15, 0.2) is 11.5 Å². The second-order valence-corrected chi connectivity index (χ2v) is 9.10. The number of hydrogen-bond acceptors (Lipinski definition) is 6. The molecule has 0 radical (unpaired) electrons. The molecule has 0 aromatic heterocycles. The molecule has 8 nitrogen and oxygen atoms in total. The average molecular weight is 601 g/mol. The molecule has 35 heavy (non-hydrogen) atoms. The number of methoxy groups -OCH3 is 1. The van der Waals surface area contributed by atoms with Gasteiger partial charge in [-0.25, -0.2) is 0 Å². The van der Waals surface area contributed by atoms with E-state index in [2.05, 4.69) is 37.2 Å². The average Bonchev–Trinajstić information content (AvgIpc) is 2.83. The molecular formula is C25H19Br2N3O5. The van der Waals surface area contributed by atoms with Crippen molar-refractivity contribution in [3.63, 3.8) is 0 Å². The standard InChI is InChI=1S/C25H19Br2N3O5/c1-15-3-8-20(30(32)33)12-22(15)29-25(31)18(13-28)9-17-10-21(27)24(23(11-17)34-2)35-14-16-4-6-19(26)7-5-16/h3-12H,14H2,1-2H3,(H,29,31)/b18-9+. The first-order chi connectivity index (χ1) is 16.7. The number of nitro benzene ring substituents is 1. The lowest BCUT2D eigenvalue weighted by atomic mass is 10.1. The zero-order valence-electron chi connectivity index (χ0n) is 18.7. The van der Waals surface area contributed by atoms with Crippen LogP contribution in [0.1, 0.15) is 16.7 Å². The minimum atomic E-state index is -0.693. The summed E-state index contributed by atoms with van der Waals surface area (Å²) < 4.78 is 12.9. The highest BCUT2D eigenvalue weighted by Crippen LogP contribution is 2.38. The summed E-state index contributed by atoms with van der Waals surface area (Å²) in [6, 6.07) is 17.0. The SMILES string of the molecule is COc1cc(/C=C(\C#N)C(=O)Nc2cc([N+](=O)[O-])ccc2C)cc(Br)c1OCc1ccc(Br)cc1. The third kappa shape index (κ3) is 6.68. The number of benzene rings is 3. The van der Waals surface area contributed by atoms with Crippen molar-refractivity contribution in [1.29, 1.82) is 5.26 Å². The van der Waals surface area contributed by atoms with E-state index in [-0.39, 0.29) is 16.9 Å². The number of nitrogens with one attached hydrogen (secondary N) is 1. The molecule has 1 amide bonds. The van der Waals surface area contributed by atoms with Crippen molar-refractivity contribution in [2.45, 2.75) is 13.5 Å². The number of carbonyl (C=O) groups is 1. The maximum Gasteiger partial charge on any atom is 0.271 e. The molecule has 3 aromatic carbocycles. The summed E-state index contributed by atoms with van der Waals surface area (Å²) in [5.74, 6) is 0.194. The van der Waals surface area contributed by atoms with Crippen LogP contribution in [0, 0.1) is 28.4 Å². The topological polar surface area (TPSA) is 114 Å². The van der Waals surface area contributed by atoms with Crippen molar-refractivity contribution >= 4 is 55.2 Å². The minimum Gasteiger partial charge on any atom is -0.493 e. The number of nitrogens with zero attached hydrogens (tertiary/aromatic N) is 2. The molecule has 0 unspecified atom stereocenters. The largest absolute Gasteiger partial charge is 0.493 e. The van der Waals surface area contributed by atoms with Gasteiger partial charge in [-0.3, -0.25) is 14.9 Å². The highest BCUT2D eigenvalue weighted by Gasteiger charge is 2.16. The smallest absolute Gasteiger partial charge is 0.271 e. The third-order valence-corrected chi connectivity index (χ3v) is 6.02. The maximum absolute atomic E-state index is 12.7. The quantitative estimate of drug-likeness (QED) is 0.135. The number of hydrogen-bond donors (Lipinski definition) is 1. The predicted molar refractivity (Wildman–Crippen MR) is 139 cm³/mol. The van der Waals surface area contributed by atoms with Gasteiger partial charge in [-0.2, -0.15) is 5.26 Å². The fraction of sp³-hybridized carbons (Fsp3) is 0.120. The Labute approximate surface area is 218 Å². The van der Waals surface area contributed by atoms with Crippen LogP contribution in [0.5, 0.6) is 11.5 Å². The number of anilines is 1. The fourth-order valence-electron chi connectivity index (χ4n) is 3.06. The van der Waals surface area contributed by atoms with Crippen LogP contribution >= 0.6 is 31.9 Å². The van der Waals surface area contributed by atoms with Crippen LogP contribution in [0.3, 0.4) is 0 Å². The van der Waals surface area contributed by atoms with E-state index in [9.17, 15) is 20.2 Å². The van der Waals surface area contributed by atoms with Crippen molar-refractivity contribution in [2.75, 3.05) is 12.4 Å². The van der Waals surface area contributed by atoms with Crippen molar-refractivity contribution < 1.29 is 19.2 Å². The minimum absolute atomic E-state index is 0.166. The Morgan fingerprint density at radius 1 is 1.17 bits per heavy atom. The van der Waals surface area contributed by atoms with Gasteiger partial charge < -0.3 is 14.8 Å². The molecule has 178 valence electrons. The number of amides is 1. The summed E-state index contributed by atoms with van der Waals surface area (Å²) in [6.07, 6.45) is 1.40. The number of aryl methyl sites for hydroxylation is 1. The van der Waals surface area contributed by atoms with Crippen molar-refractivity contribution in [3.8, 4) is 17.6 Å². The molecule has 0 bridgehead atoms. The number of nitriles is 1. The highest BCUT2D eigenvalue weighted by atomic mass is 79.9. The molecule has 0 saturated carbocycles. The highest BCUT2D eigenvalue weighted by molar-refractivity contribution is 9.10. The van der Waals surface area contributed by atoms with Gasteiger partial charge >= 0.3 is 0 Å². The number of carbonyl (C=O) groups excluding carboxylic acids is 1. The molecular weight excluding hydrogens is 582 g/mol. The summed E-state index contributed by atoms with van der Waals surface area (Å²) in [7, 11) is 1.49. The predicted octanol–water partition coefficient (Wildman–Crippen LogP) is 6.56. The van der Waals surface area contributed by atoms with Gasteiger partial charge in [0.25, 0.3) is 11.6 Å². The number of rotatable bonds is 8. The Balaban J connectivity index is 1.84. The molecule has 0 aliphatic carbocycles. The summed E-state index contributed by atoms with van der Waals surface area (Å²) in [5.41, 5.74) is 2.01. The van der Waals surface area contributed by atoms with Gasteiger partial charge in [0.05, 0.1) is 22.2 Å². The van der Waals surface area contributed by atoms with E-state index in [0.717, 1.165) is 10.0 Å². The molecule has 10 heteroatoms. The number of nitro groups is 1. The zero-order chi connectivity index (χ0) is 25.5. The van der Waals surface area contributed by atoms with Gasteiger partial charge in [0, 0.05) is 16.6 Å². The molecule has 0 aliphatic rings. The molecule has 1 N–H and O–H groups in total. The van der Waals surface area contributed by atoms with Crippen LogP contribution in [0.15, 0.2) is 69.1 Å². The summed E-state index contributed by atoms with van der Waals surface area (Å²) in [5, 5.41) is 23.2. The first kappa shape index (κ1) is 25.9. The lowest BCUT2D eigenvalue weighted by Crippen LogP contribution is -2.14. The van der Waals surface area contributed by atoms with Crippen molar-refractivity contribution in [2.24, 2.45) is 0 Å². The molecule has 0 saturated heterocycles. The number of ether oxygens (including phenoxy) is 2. The molecule has 0 aliphatic heterocycles. The first-order valence-electron chi connectivity index (χ1n) is 10.1. The van der Waals surface area contributed by atoms with Gasteiger partial charge in [-0.1, -0.05) is 34.1 Å². The van der Waals surface area contributed by atoms with Gasteiger partial charge in [-0.05, 0) is 69.9 Å². The summed E-state index contributed by atoms with van der Waals surface area (Å²) in [6.45, 7) is 2.01. The first-order valence-corrected chi connectivity index (χ1v) is 11.7. The maximum atomic E-state index is 12.7. The van der Waals surface area contributed by atoms with Crippen molar-refractivity contribution in [3.05, 3.63) is 95.9 Å². The lowest BCUT2D eigenvalue weighted by molar-refractivity contribution is -0.384. The van der Waals surface area contributed by atoms with Crippen LogP contribution in [0.25, 0.3) is 6.08 Å². The van der Waals surface area contributed by atoms with Crippen LogP contribution in [0.2, 0.25) is 0 Å². The molecule has 3 aromatic rings. The zero-order valence-corrected chi connectivity index (χ0v) is 21.8. The Morgan fingerprint density at radius 3 is 2.51 bits per heavy atom. The van der Waals surface area contributed by atoms with E-state index in [1.807, 2.05) is 30.3 Å². The van der Waals surface area contributed by atoms with Crippen LogP contribution in [-0.4, -0.2) is 17.9 Å². The molecule has 0 heterocycles. The fourth-order valence-corrected chi connectivity index (χ4v) is 3.90. The van der Waals surface area contributed by atoms with E-state index >= 15 is 0 Å². The summed E-state index contributed by atoms with van der Waals surface area (Å²) >= 11 is 6.87. The molecule has 0 atom stereocenters. The van der Waals surface area contributed by atoms with Gasteiger partial charge in [-0.15, -0.1) is 0 Å². The Bertz CT molecular complexity index is 1350. The van der Waals surface area contributed by atoms with E-state index in [0.29, 0.717) is 33.7 Å². The van der Waals surface area contributed by atoms with Gasteiger partial charge in [0.2, 0.25) is 0 Å². The second-order valence-electron chi connectivity index (χ2n) is 7.33. The summed E-state index contributed by atoms with van der Waals surface area (Å²) in [4.78, 5) is 23.2. The second kappa shape index (κ2) is 11.6. The molecule has 0 spiro atoms. The number of halogens is 2. The normalized spacial score (nSPS) is 10.9. The van der Waals surface area contributed by atoms with E-state index in [4.69, 9.17) is 9.47 Å². The Kier molecular flexibility index (Phi) is 8.63. The van der Waals surface area contributed by atoms with E-state index in [1.54, 1.807) is 19.1 Å². The molecule has 0 fully saturated rings. The number of non-ortho nitro benzene ring substituents is 1. The van der Waals surface area contributed by atoms with Gasteiger partial charge in [0.1, 0.15) is 18.2 Å². The van der Waals surface area contributed by atoms with Crippen LogP contribution < -0.4 is 14.8 Å². The van der Waals surface area contributed by atoms with Crippen LogP contribution in [0.4, 0.5) is 11.4 Å². The molecule has 3 rings (SSSR count). The van der Waals surface area contributed by atoms with E-state index in [1.165, 1.54) is 31.4 Å². The Hall–Kier alpha value is -3.68. The lowest BCUT2D eigenvalue weighted by Gasteiger charge is -2.14. The van der Waals surface area contributed by atoms with Crippen LogP contribution in [-0.2, 0) is 11.4 Å².